The highest BCUT2D eigenvalue weighted by Gasteiger charge is 2.14. The van der Waals surface area contributed by atoms with E-state index < -0.39 is 0 Å². The lowest BCUT2D eigenvalue weighted by Crippen LogP contribution is -2.25. The van der Waals surface area contributed by atoms with Crippen LogP contribution in [-0.4, -0.2) is 18.1 Å². The minimum atomic E-state index is 0.658. The van der Waals surface area contributed by atoms with Gasteiger partial charge in [-0.15, -0.1) is 0 Å². The first-order valence-electron chi connectivity index (χ1n) is 7.21. The normalized spacial score (nSPS) is 10.9. The number of hydrogen-bond donors (Lipinski definition) is 1. The Balaban J connectivity index is 1.87. The number of oxazole rings is 1. The Labute approximate surface area is 124 Å². The van der Waals surface area contributed by atoms with Crippen molar-refractivity contribution in [3.63, 3.8) is 0 Å². The number of hydrogen-bond acceptors (Lipinski definition) is 4. The smallest absolute Gasteiger partial charge is 0.298 e. The van der Waals surface area contributed by atoms with Gasteiger partial charge >= 0.3 is 0 Å². The Kier molecular flexibility index (Phi) is 4.17. The second-order valence-electron chi connectivity index (χ2n) is 5.01. The van der Waals surface area contributed by atoms with Gasteiger partial charge in [0.1, 0.15) is 5.52 Å². The zero-order valence-electron chi connectivity index (χ0n) is 11.9. The molecule has 1 heterocycles. The topological polar surface area (TPSA) is 55.3 Å². The number of anilines is 1. The predicted octanol–water partition coefficient (Wildman–Crippen LogP) is 3.18. The minimum Gasteiger partial charge on any atom is -0.423 e. The Bertz CT molecular complexity index is 660. The van der Waals surface area contributed by atoms with Gasteiger partial charge in [0.2, 0.25) is 0 Å². The molecule has 0 spiro atoms. The summed E-state index contributed by atoms with van der Waals surface area (Å²) in [6.45, 7) is 2.26. The van der Waals surface area contributed by atoms with E-state index in [1.807, 2.05) is 42.5 Å². The van der Waals surface area contributed by atoms with Crippen molar-refractivity contribution in [2.45, 2.75) is 13.0 Å². The lowest BCUT2D eigenvalue weighted by Gasteiger charge is -2.20. The molecule has 3 aromatic rings. The average molecular weight is 281 g/mol. The van der Waals surface area contributed by atoms with Crippen molar-refractivity contribution >= 4 is 17.1 Å². The first-order chi connectivity index (χ1) is 10.4. The van der Waals surface area contributed by atoms with Crippen molar-refractivity contribution < 1.29 is 4.42 Å². The summed E-state index contributed by atoms with van der Waals surface area (Å²) in [4.78, 5) is 6.72. The van der Waals surface area contributed by atoms with Crippen molar-refractivity contribution in [1.82, 2.24) is 4.98 Å². The van der Waals surface area contributed by atoms with Crippen molar-refractivity contribution in [1.29, 1.82) is 0 Å². The first-order valence-corrected chi connectivity index (χ1v) is 7.21. The van der Waals surface area contributed by atoms with Crippen LogP contribution in [0.4, 0.5) is 6.01 Å². The largest absolute Gasteiger partial charge is 0.423 e. The Morgan fingerprint density at radius 3 is 2.52 bits per heavy atom. The molecule has 0 bridgehead atoms. The van der Waals surface area contributed by atoms with Gasteiger partial charge in [-0.1, -0.05) is 42.5 Å². The Morgan fingerprint density at radius 1 is 1.00 bits per heavy atom. The van der Waals surface area contributed by atoms with Gasteiger partial charge < -0.3 is 15.1 Å². The minimum absolute atomic E-state index is 0.658. The molecule has 0 atom stereocenters. The average Bonchev–Trinajstić information content (AvgIpc) is 2.96. The molecular weight excluding hydrogens is 262 g/mol. The fourth-order valence-corrected chi connectivity index (χ4v) is 2.32. The van der Waals surface area contributed by atoms with Gasteiger partial charge in [0.05, 0.1) is 0 Å². The lowest BCUT2D eigenvalue weighted by atomic mass is 10.2. The third-order valence-corrected chi connectivity index (χ3v) is 3.40. The van der Waals surface area contributed by atoms with E-state index in [2.05, 4.69) is 22.0 Å². The van der Waals surface area contributed by atoms with Crippen LogP contribution in [0, 0.1) is 0 Å². The molecule has 1 aromatic heterocycles. The van der Waals surface area contributed by atoms with E-state index in [9.17, 15) is 0 Å². The van der Waals surface area contributed by atoms with Gasteiger partial charge in [-0.25, -0.2) is 0 Å². The molecule has 2 aromatic carbocycles. The van der Waals surface area contributed by atoms with Gasteiger partial charge in [-0.3, -0.25) is 0 Å². The molecule has 0 amide bonds. The molecule has 108 valence electrons. The number of benzene rings is 2. The number of aromatic nitrogens is 1. The van der Waals surface area contributed by atoms with Crippen LogP contribution in [0.25, 0.3) is 11.1 Å². The summed E-state index contributed by atoms with van der Waals surface area (Å²) in [5.74, 6) is 0. The lowest BCUT2D eigenvalue weighted by molar-refractivity contribution is 0.558. The second kappa shape index (κ2) is 6.41. The van der Waals surface area contributed by atoms with Crippen molar-refractivity contribution in [3.05, 3.63) is 60.2 Å². The summed E-state index contributed by atoms with van der Waals surface area (Å²) in [6, 6.07) is 18.8. The first kappa shape index (κ1) is 13.6. The number of nitrogens with two attached hydrogens (primary N) is 1. The molecule has 4 nitrogen and oxygen atoms in total. The molecule has 2 N–H and O–H groups in total. The molecule has 0 aliphatic heterocycles. The van der Waals surface area contributed by atoms with E-state index in [1.54, 1.807) is 0 Å². The maximum atomic E-state index is 5.87. The molecule has 0 aliphatic rings. The van der Waals surface area contributed by atoms with Gasteiger partial charge in [0.25, 0.3) is 6.01 Å². The molecule has 0 saturated carbocycles. The summed E-state index contributed by atoms with van der Waals surface area (Å²) >= 11 is 0. The zero-order chi connectivity index (χ0) is 14.5. The van der Waals surface area contributed by atoms with Gasteiger partial charge in [0.15, 0.2) is 5.58 Å². The third kappa shape index (κ3) is 3.23. The van der Waals surface area contributed by atoms with Crippen LogP contribution in [0.15, 0.2) is 59.0 Å². The molecule has 21 heavy (non-hydrogen) atoms. The maximum Gasteiger partial charge on any atom is 0.298 e. The predicted molar refractivity (Wildman–Crippen MR) is 85.2 cm³/mol. The third-order valence-electron chi connectivity index (χ3n) is 3.40. The monoisotopic (exact) mass is 281 g/mol. The molecular formula is C17H19N3O. The number of para-hydroxylation sites is 2. The van der Waals surface area contributed by atoms with E-state index in [0.717, 1.165) is 30.6 Å². The van der Waals surface area contributed by atoms with Crippen molar-refractivity contribution in [3.8, 4) is 0 Å². The maximum absolute atomic E-state index is 5.87. The van der Waals surface area contributed by atoms with Gasteiger partial charge in [-0.05, 0) is 30.7 Å². The van der Waals surface area contributed by atoms with Crippen molar-refractivity contribution in [2.75, 3.05) is 18.0 Å². The van der Waals surface area contributed by atoms with Crippen LogP contribution in [-0.2, 0) is 6.54 Å². The molecule has 0 fully saturated rings. The van der Waals surface area contributed by atoms with Crippen molar-refractivity contribution in [2.24, 2.45) is 5.73 Å². The van der Waals surface area contributed by atoms with Crippen LogP contribution in [0.1, 0.15) is 12.0 Å². The number of rotatable bonds is 6. The highest BCUT2D eigenvalue weighted by atomic mass is 16.4. The standard InChI is InChI=1S/C17H19N3O/c18-11-6-12-20(13-14-7-2-1-3-8-14)17-19-15-9-4-5-10-16(15)21-17/h1-5,7-10H,6,11-13,18H2. The summed E-state index contributed by atoms with van der Waals surface area (Å²) < 4.78 is 5.87. The number of fused-ring (bicyclic) bond motifs is 1. The Morgan fingerprint density at radius 2 is 1.76 bits per heavy atom. The van der Waals surface area contributed by atoms with E-state index >= 15 is 0 Å². The Hall–Kier alpha value is -2.33. The quantitative estimate of drug-likeness (QED) is 0.754. The van der Waals surface area contributed by atoms with Crippen LogP contribution in [0.5, 0.6) is 0 Å². The highest BCUT2D eigenvalue weighted by Crippen LogP contribution is 2.23. The summed E-state index contributed by atoms with van der Waals surface area (Å²) in [7, 11) is 0. The summed E-state index contributed by atoms with van der Waals surface area (Å²) in [5, 5.41) is 0. The van der Waals surface area contributed by atoms with E-state index in [1.165, 1.54) is 5.56 Å². The van der Waals surface area contributed by atoms with E-state index in [4.69, 9.17) is 10.2 Å². The van der Waals surface area contributed by atoms with Crippen LogP contribution < -0.4 is 10.6 Å². The molecule has 0 radical (unpaired) electrons. The van der Waals surface area contributed by atoms with E-state index in [0.29, 0.717) is 12.6 Å². The second-order valence-corrected chi connectivity index (χ2v) is 5.01. The van der Waals surface area contributed by atoms with Crippen LogP contribution >= 0.6 is 0 Å². The zero-order valence-corrected chi connectivity index (χ0v) is 11.9. The van der Waals surface area contributed by atoms with Crippen LogP contribution in [0.2, 0.25) is 0 Å². The summed E-state index contributed by atoms with van der Waals surface area (Å²) in [5.41, 5.74) is 8.58. The highest BCUT2D eigenvalue weighted by molar-refractivity contribution is 5.74. The fourth-order valence-electron chi connectivity index (χ4n) is 2.32. The number of nitrogens with zero attached hydrogens (tertiary/aromatic N) is 2. The van der Waals surface area contributed by atoms with Gasteiger partial charge in [-0.2, -0.15) is 4.98 Å². The van der Waals surface area contributed by atoms with E-state index in [-0.39, 0.29) is 0 Å². The molecule has 4 heteroatoms. The molecule has 0 unspecified atom stereocenters. The molecule has 0 saturated heterocycles. The fraction of sp³-hybridized carbons (Fsp3) is 0.235. The SMILES string of the molecule is NCCCN(Cc1ccccc1)c1nc2ccccc2o1. The van der Waals surface area contributed by atoms with Gasteiger partial charge in [0, 0.05) is 13.1 Å². The van der Waals surface area contributed by atoms with Crippen LogP contribution in [0.3, 0.4) is 0 Å². The summed E-state index contributed by atoms with van der Waals surface area (Å²) in [6.07, 6.45) is 0.908. The molecule has 3 rings (SSSR count). The molecule has 0 aliphatic carbocycles.